The number of aromatic nitrogens is 1. The molecular formula is C24H22F2N4O4S. The molecule has 0 bridgehead atoms. The van der Waals surface area contributed by atoms with Crippen LogP contribution in [0, 0.1) is 11.6 Å². The largest absolute Gasteiger partial charge is 0.382 e. The van der Waals surface area contributed by atoms with E-state index in [0.29, 0.717) is 50.4 Å². The fraction of sp³-hybridized carbons (Fsp3) is 0.292. The lowest BCUT2D eigenvalue weighted by Crippen LogP contribution is -2.47. The van der Waals surface area contributed by atoms with E-state index < -0.39 is 28.8 Å². The zero-order valence-corrected chi connectivity index (χ0v) is 19.4. The van der Waals surface area contributed by atoms with Gasteiger partial charge in [-0.2, -0.15) is 0 Å². The quantitative estimate of drug-likeness (QED) is 0.511. The maximum Gasteiger partial charge on any atom is 0.253 e. The molecule has 3 heterocycles. The molecule has 2 aromatic carbocycles. The molecule has 2 saturated heterocycles. The summed E-state index contributed by atoms with van der Waals surface area (Å²) in [5.74, 6) is -3.56. The van der Waals surface area contributed by atoms with Gasteiger partial charge in [0.25, 0.3) is 5.91 Å². The van der Waals surface area contributed by atoms with E-state index in [9.17, 15) is 18.4 Å². The number of benzene rings is 2. The van der Waals surface area contributed by atoms with Crippen LogP contribution in [0.15, 0.2) is 42.5 Å². The van der Waals surface area contributed by atoms with Crippen molar-refractivity contribution in [1.82, 2.24) is 9.88 Å². The maximum absolute atomic E-state index is 14.0. The second kappa shape index (κ2) is 9.33. The van der Waals surface area contributed by atoms with E-state index in [1.165, 1.54) is 6.07 Å². The Morgan fingerprint density at radius 1 is 1.03 bits per heavy atom. The lowest BCUT2D eigenvalue weighted by atomic mass is 10.0. The summed E-state index contributed by atoms with van der Waals surface area (Å²) >= 11 is 0.888. The Kier molecular flexibility index (Phi) is 6.22. The average molecular weight is 501 g/mol. The molecule has 5 rings (SSSR count). The minimum atomic E-state index is -0.968. The summed E-state index contributed by atoms with van der Waals surface area (Å²) in [4.78, 5) is 31.3. The first-order chi connectivity index (χ1) is 16.8. The lowest BCUT2D eigenvalue weighted by molar-refractivity contribution is -0.181. The number of rotatable bonds is 5. The Morgan fingerprint density at radius 2 is 1.66 bits per heavy atom. The second-order valence-electron chi connectivity index (χ2n) is 8.26. The number of hydrogen-bond acceptors (Lipinski definition) is 8. The first-order valence-electron chi connectivity index (χ1n) is 11.0. The van der Waals surface area contributed by atoms with Crippen LogP contribution >= 0.6 is 11.3 Å². The lowest BCUT2D eigenvalue weighted by Gasteiger charge is -2.37. The van der Waals surface area contributed by atoms with Crippen molar-refractivity contribution in [2.24, 2.45) is 0 Å². The molecule has 1 amide bonds. The predicted molar refractivity (Wildman–Crippen MR) is 126 cm³/mol. The van der Waals surface area contributed by atoms with E-state index in [-0.39, 0.29) is 21.7 Å². The third-order valence-electron chi connectivity index (χ3n) is 6.06. The molecule has 3 aromatic rings. The number of carbonyl (C=O) groups excluding carboxylic acids is 2. The van der Waals surface area contributed by atoms with Crippen LogP contribution in [0.25, 0.3) is 0 Å². The number of thiazole rings is 1. The molecule has 1 spiro atoms. The molecule has 0 aliphatic carbocycles. The van der Waals surface area contributed by atoms with Gasteiger partial charge in [0.1, 0.15) is 22.3 Å². The van der Waals surface area contributed by atoms with Crippen molar-refractivity contribution in [3.8, 4) is 0 Å². The van der Waals surface area contributed by atoms with Gasteiger partial charge in [-0.25, -0.2) is 13.8 Å². The molecule has 2 fully saturated rings. The standard InChI is InChI=1S/C24H22F2N4O4S/c25-16-2-1-3-17(26)18(16)19(31)20-21(27)29-23(35-20)28-15-6-4-14(5-7-15)22(32)30-10-8-24(9-11-30)33-12-13-34-24/h1-7H,8-13,27H2,(H,28,29). The van der Waals surface area contributed by atoms with Crippen LogP contribution < -0.4 is 11.1 Å². The number of nitrogen functional groups attached to an aromatic ring is 1. The van der Waals surface area contributed by atoms with E-state index in [2.05, 4.69) is 10.3 Å². The third kappa shape index (κ3) is 4.62. The smallest absolute Gasteiger partial charge is 0.253 e. The van der Waals surface area contributed by atoms with Gasteiger partial charge in [-0.15, -0.1) is 0 Å². The van der Waals surface area contributed by atoms with Crippen molar-refractivity contribution in [3.05, 3.63) is 70.1 Å². The number of nitrogens with one attached hydrogen (secondary N) is 1. The van der Waals surface area contributed by atoms with Gasteiger partial charge in [-0.1, -0.05) is 17.4 Å². The number of piperidine rings is 1. The highest BCUT2D eigenvalue weighted by atomic mass is 32.1. The van der Waals surface area contributed by atoms with Crippen LogP contribution in [-0.2, 0) is 9.47 Å². The van der Waals surface area contributed by atoms with Gasteiger partial charge >= 0.3 is 0 Å². The summed E-state index contributed by atoms with van der Waals surface area (Å²) in [7, 11) is 0. The number of nitrogens with zero attached hydrogens (tertiary/aromatic N) is 2. The van der Waals surface area contributed by atoms with Crippen molar-refractivity contribution in [3.63, 3.8) is 0 Å². The Labute approximate surface area is 203 Å². The topological polar surface area (TPSA) is 107 Å². The highest BCUT2D eigenvalue weighted by Gasteiger charge is 2.40. The van der Waals surface area contributed by atoms with Gasteiger partial charge in [0.2, 0.25) is 5.78 Å². The van der Waals surface area contributed by atoms with Crippen LogP contribution in [-0.4, -0.2) is 53.7 Å². The predicted octanol–water partition coefficient (Wildman–Crippen LogP) is 3.96. The maximum atomic E-state index is 14.0. The number of amides is 1. The van der Waals surface area contributed by atoms with Crippen molar-refractivity contribution >= 4 is 39.7 Å². The SMILES string of the molecule is Nc1nc(Nc2ccc(C(=O)N3CCC4(CC3)OCCO4)cc2)sc1C(=O)c1c(F)cccc1F. The van der Waals surface area contributed by atoms with Crippen LogP contribution in [0.1, 0.15) is 38.4 Å². The van der Waals surface area contributed by atoms with E-state index in [4.69, 9.17) is 15.2 Å². The van der Waals surface area contributed by atoms with Gasteiger partial charge in [-0.3, -0.25) is 9.59 Å². The highest BCUT2D eigenvalue weighted by Crippen LogP contribution is 2.33. The molecule has 1 aromatic heterocycles. The number of anilines is 3. The minimum Gasteiger partial charge on any atom is -0.382 e. The van der Waals surface area contributed by atoms with Crippen LogP contribution in [0.2, 0.25) is 0 Å². The second-order valence-corrected chi connectivity index (χ2v) is 9.26. The zero-order chi connectivity index (χ0) is 24.6. The highest BCUT2D eigenvalue weighted by molar-refractivity contribution is 7.18. The van der Waals surface area contributed by atoms with E-state index in [0.717, 1.165) is 23.5 Å². The minimum absolute atomic E-state index is 0.0682. The van der Waals surface area contributed by atoms with Gasteiger partial charge in [0, 0.05) is 37.2 Å². The molecule has 0 saturated carbocycles. The van der Waals surface area contributed by atoms with E-state index in [1.54, 1.807) is 29.2 Å². The van der Waals surface area contributed by atoms with E-state index >= 15 is 0 Å². The van der Waals surface area contributed by atoms with E-state index in [1.807, 2.05) is 0 Å². The Balaban J connectivity index is 1.25. The van der Waals surface area contributed by atoms with Crippen molar-refractivity contribution in [2.45, 2.75) is 18.6 Å². The number of hydrogen-bond donors (Lipinski definition) is 2. The monoisotopic (exact) mass is 500 g/mol. The number of nitrogens with two attached hydrogens (primary N) is 1. The van der Waals surface area contributed by atoms with Gasteiger partial charge in [0.15, 0.2) is 10.9 Å². The zero-order valence-electron chi connectivity index (χ0n) is 18.6. The van der Waals surface area contributed by atoms with Crippen LogP contribution in [0.3, 0.4) is 0 Å². The fourth-order valence-corrected chi connectivity index (χ4v) is 5.07. The summed E-state index contributed by atoms with van der Waals surface area (Å²) in [5, 5.41) is 3.29. The van der Waals surface area contributed by atoms with Crippen LogP contribution in [0.4, 0.5) is 25.4 Å². The molecular weight excluding hydrogens is 478 g/mol. The Hall–Kier alpha value is -3.41. The summed E-state index contributed by atoms with van der Waals surface area (Å²) < 4.78 is 39.4. The van der Waals surface area contributed by atoms with Crippen molar-refractivity contribution < 1.29 is 27.8 Å². The molecule has 35 heavy (non-hydrogen) atoms. The van der Waals surface area contributed by atoms with Gasteiger partial charge in [0.05, 0.1) is 18.8 Å². The number of likely N-dealkylation sites (tertiary alicyclic amines) is 1. The summed E-state index contributed by atoms with van der Waals surface area (Å²) in [5.41, 5.74) is 6.31. The van der Waals surface area contributed by atoms with Crippen molar-refractivity contribution in [1.29, 1.82) is 0 Å². The molecule has 182 valence electrons. The normalized spacial score (nSPS) is 17.0. The number of carbonyl (C=O) groups is 2. The summed E-state index contributed by atoms with van der Waals surface area (Å²) in [6.07, 6.45) is 1.28. The molecule has 2 aliphatic heterocycles. The first-order valence-corrected chi connectivity index (χ1v) is 11.9. The first kappa shape index (κ1) is 23.3. The Bertz CT molecular complexity index is 1240. The molecule has 0 radical (unpaired) electrons. The third-order valence-corrected chi connectivity index (χ3v) is 7.04. The summed E-state index contributed by atoms with van der Waals surface area (Å²) in [6.45, 7) is 2.28. The molecule has 0 atom stereocenters. The molecule has 11 heteroatoms. The van der Waals surface area contributed by atoms with Gasteiger partial charge in [-0.05, 0) is 36.4 Å². The fourth-order valence-electron chi connectivity index (χ4n) is 4.21. The molecule has 2 aliphatic rings. The molecule has 0 unspecified atom stereocenters. The van der Waals surface area contributed by atoms with Crippen molar-refractivity contribution in [2.75, 3.05) is 37.4 Å². The Morgan fingerprint density at radius 3 is 2.29 bits per heavy atom. The summed E-state index contributed by atoms with van der Waals surface area (Å²) in [6, 6.07) is 9.99. The molecule has 3 N–H and O–H groups in total. The number of halogens is 2. The molecule has 8 nitrogen and oxygen atoms in total. The number of ether oxygens (including phenoxy) is 2. The number of ketones is 1. The van der Waals surface area contributed by atoms with Crippen LogP contribution in [0.5, 0.6) is 0 Å². The average Bonchev–Trinajstić information content (AvgIpc) is 3.45. The van der Waals surface area contributed by atoms with Gasteiger partial charge < -0.3 is 25.4 Å².